The predicted molar refractivity (Wildman–Crippen MR) is 84.8 cm³/mol. The van der Waals surface area contributed by atoms with Gasteiger partial charge in [-0.1, -0.05) is 0 Å². The molecule has 0 saturated carbocycles. The van der Waals surface area contributed by atoms with Crippen molar-refractivity contribution in [2.45, 2.75) is 33.6 Å². The summed E-state index contributed by atoms with van der Waals surface area (Å²) in [6, 6.07) is 3.51. The molecule has 0 aromatic carbocycles. The Morgan fingerprint density at radius 3 is 2.71 bits per heavy atom. The van der Waals surface area contributed by atoms with Gasteiger partial charge in [0.1, 0.15) is 23.1 Å². The van der Waals surface area contributed by atoms with Crippen LogP contribution in [0.4, 0.5) is 0 Å². The second-order valence-corrected chi connectivity index (χ2v) is 5.54. The molecule has 1 aliphatic heterocycles. The number of hydrogen-bond donors (Lipinski definition) is 1. The highest BCUT2D eigenvalue weighted by atomic mass is 16.5. The van der Waals surface area contributed by atoms with Crippen LogP contribution in [0.5, 0.6) is 5.88 Å². The molecule has 0 amide bonds. The van der Waals surface area contributed by atoms with Crippen LogP contribution in [0.15, 0.2) is 32.7 Å². The molecule has 0 saturated heterocycles. The molecule has 1 N–H and O–H groups in total. The van der Waals surface area contributed by atoms with E-state index in [1.54, 1.807) is 39.8 Å². The van der Waals surface area contributed by atoms with Crippen LogP contribution in [0.3, 0.4) is 0 Å². The largest absolute Gasteiger partial charge is 0.465 e. The lowest BCUT2D eigenvalue weighted by atomic mass is 9.87. The van der Waals surface area contributed by atoms with Gasteiger partial charge in [-0.15, -0.1) is 0 Å². The van der Waals surface area contributed by atoms with E-state index in [9.17, 15) is 9.59 Å². The highest BCUT2D eigenvalue weighted by Crippen LogP contribution is 2.41. The highest BCUT2D eigenvalue weighted by molar-refractivity contribution is 5.92. The van der Waals surface area contributed by atoms with Gasteiger partial charge in [-0.05, 0) is 39.8 Å². The number of ether oxygens (including phenoxy) is 2. The first-order valence-electron chi connectivity index (χ1n) is 7.65. The van der Waals surface area contributed by atoms with E-state index < -0.39 is 11.9 Å². The third-order valence-corrected chi connectivity index (χ3v) is 3.79. The normalized spacial score (nSPS) is 16.6. The topological polar surface area (TPSA) is 94.4 Å². The summed E-state index contributed by atoms with van der Waals surface area (Å²) >= 11 is 0. The molecule has 1 aliphatic rings. The van der Waals surface area contributed by atoms with Crippen molar-refractivity contribution in [3.63, 3.8) is 0 Å². The predicted octanol–water partition coefficient (Wildman–Crippen LogP) is 2.34. The minimum absolute atomic E-state index is 0.181. The van der Waals surface area contributed by atoms with Gasteiger partial charge in [0.05, 0.1) is 23.7 Å². The van der Waals surface area contributed by atoms with E-state index in [1.807, 2.05) is 0 Å². The Morgan fingerprint density at radius 1 is 1.33 bits per heavy atom. The van der Waals surface area contributed by atoms with Crippen LogP contribution < -0.4 is 10.3 Å². The molecule has 0 spiro atoms. The number of allylic oxidation sites excluding steroid dienone is 1. The summed E-state index contributed by atoms with van der Waals surface area (Å²) in [5.41, 5.74) is 0.115. The monoisotopic (exact) mass is 330 g/mol. The number of hydrogen-bond acceptors (Lipinski definition) is 6. The Bertz CT molecular complexity index is 891. The van der Waals surface area contributed by atoms with Gasteiger partial charge >= 0.3 is 5.97 Å². The summed E-state index contributed by atoms with van der Waals surface area (Å²) in [4.78, 5) is 31.9. The first-order chi connectivity index (χ1) is 11.4. The van der Waals surface area contributed by atoms with E-state index in [0.29, 0.717) is 23.1 Å². The number of carbonyl (C=O) groups excluding carboxylic acids is 1. The van der Waals surface area contributed by atoms with Crippen molar-refractivity contribution in [3.8, 4) is 5.88 Å². The Balaban J connectivity index is 2.25. The fourth-order valence-corrected chi connectivity index (χ4v) is 2.81. The number of furan rings is 1. The maximum absolute atomic E-state index is 12.5. The van der Waals surface area contributed by atoms with Gasteiger partial charge in [-0.25, -0.2) is 4.79 Å². The van der Waals surface area contributed by atoms with Crippen molar-refractivity contribution >= 4 is 5.97 Å². The van der Waals surface area contributed by atoms with Gasteiger partial charge in [-0.2, -0.15) is 4.98 Å². The van der Waals surface area contributed by atoms with E-state index in [0.717, 1.165) is 0 Å². The molecular weight excluding hydrogens is 312 g/mol. The van der Waals surface area contributed by atoms with Crippen LogP contribution in [0.1, 0.15) is 42.7 Å². The van der Waals surface area contributed by atoms with Gasteiger partial charge in [0, 0.05) is 0 Å². The van der Waals surface area contributed by atoms with E-state index in [4.69, 9.17) is 13.9 Å². The maximum atomic E-state index is 12.5. The lowest BCUT2D eigenvalue weighted by Gasteiger charge is -2.25. The molecule has 24 heavy (non-hydrogen) atoms. The summed E-state index contributed by atoms with van der Waals surface area (Å²) in [5.74, 6) is 0.836. The molecule has 3 heterocycles. The van der Waals surface area contributed by atoms with Crippen molar-refractivity contribution in [1.29, 1.82) is 0 Å². The van der Waals surface area contributed by atoms with Gasteiger partial charge in [0.15, 0.2) is 0 Å². The molecule has 1 atom stereocenters. The van der Waals surface area contributed by atoms with Crippen LogP contribution in [0, 0.1) is 13.8 Å². The number of aryl methyl sites for hydroxylation is 2. The van der Waals surface area contributed by atoms with Crippen LogP contribution in [0.25, 0.3) is 0 Å². The average Bonchev–Trinajstić information content (AvgIpc) is 2.91. The summed E-state index contributed by atoms with van der Waals surface area (Å²) in [7, 11) is 0. The van der Waals surface area contributed by atoms with E-state index >= 15 is 0 Å². The lowest BCUT2D eigenvalue weighted by molar-refractivity contribution is -0.139. The molecule has 0 fully saturated rings. The van der Waals surface area contributed by atoms with Crippen LogP contribution in [0.2, 0.25) is 0 Å². The SMILES string of the molecule is CCOC(=O)C1=C(C)Oc2nc(C)[nH]c(=O)c2C1c1ccc(C)o1. The van der Waals surface area contributed by atoms with Gasteiger partial charge in [0.25, 0.3) is 5.56 Å². The average molecular weight is 330 g/mol. The summed E-state index contributed by atoms with van der Waals surface area (Å²) < 4.78 is 16.5. The Kier molecular flexibility index (Phi) is 4.01. The minimum atomic E-state index is -0.724. The summed E-state index contributed by atoms with van der Waals surface area (Å²) in [6.07, 6.45) is 0. The van der Waals surface area contributed by atoms with Crippen molar-refractivity contribution in [2.24, 2.45) is 0 Å². The van der Waals surface area contributed by atoms with Gasteiger partial charge in [-0.3, -0.25) is 4.79 Å². The fraction of sp³-hybridized carbons (Fsp3) is 0.353. The second-order valence-electron chi connectivity index (χ2n) is 5.54. The molecule has 126 valence electrons. The standard InChI is InChI=1S/C17H18N2O5/c1-5-22-17(21)12-9(3)24-16-14(15(20)18-10(4)19-16)13(12)11-7-6-8(2)23-11/h6-7,13H,5H2,1-4H3,(H,18,19,20). The van der Waals surface area contributed by atoms with E-state index in [2.05, 4.69) is 9.97 Å². The maximum Gasteiger partial charge on any atom is 0.338 e. The fourth-order valence-electron chi connectivity index (χ4n) is 2.81. The summed E-state index contributed by atoms with van der Waals surface area (Å²) in [6.45, 7) is 7.04. The molecule has 0 aliphatic carbocycles. The van der Waals surface area contributed by atoms with E-state index in [-0.39, 0.29) is 29.2 Å². The number of carbonyl (C=O) groups is 1. The summed E-state index contributed by atoms with van der Waals surface area (Å²) in [5, 5.41) is 0. The molecule has 7 nitrogen and oxygen atoms in total. The molecule has 0 bridgehead atoms. The van der Waals surface area contributed by atoms with Crippen LogP contribution in [-0.4, -0.2) is 22.5 Å². The number of aromatic nitrogens is 2. The van der Waals surface area contributed by atoms with E-state index in [1.165, 1.54) is 0 Å². The zero-order chi connectivity index (χ0) is 17.4. The lowest BCUT2D eigenvalue weighted by Crippen LogP contribution is -2.30. The molecule has 1 unspecified atom stereocenters. The zero-order valence-corrected chi connectivity index (χ0v) is 13.9. The molecule has 2 aromatic rings. The quantitative estimate of drug-likeness (QED) is 0.868. The number of H-pyrrole nitrogens is 1. The van der Waals surface area contributed by atoms with Crippen molar-refractivity contribution < 1.29 is 18.7 Å². The first-order valence-corrected chi connectivity index (χ1v) is 7.65. The van der Waals surface area contributed by atoms with Crippen molar-refractivity contribution in [2.75, 3.05) is 6.61 Å². The molecule has 7 heteroatoms. The molecule has 3 rings (SSSR count). The number of nitrogens with zero attached hydrogens (tertiary/aromatic N) is 1. The number of nitrogens with one attached hydrogen (secondary N) is 1. The Hall–Kier alpha value is -2.83. The number of esters is 1. The first kappa shape index (κ1) is 16.0. The number of aromatic amines is 1. The minimum Gasteiger partial charge on any atom is -0.465 e. The third kappa shape index (κ3) is 2.62. The van der Waals surface area contributed by atoms with Gasteiger partial charge in [0.2, 0.25) is 5.88 Å². The second kappa shape index (κ2) is 5.99. The van der Waals surface area contributed by atoms with Crippen LogP contribution in [-0.2, 0) is 9.53 Å². The van der Waals surface area contributed by atoms with Crippen molar-refractivity contribution in [3.05, 3.63) is 56.7 Å². The smallest absolute Gasteiger partial charge is 0.338 e. The van der Waals surface area contributed by atoms with Crippen LogP contribution >= 0.6 is 0 Å². The number of rotatable bonds is 3. The molecule has 0 radical (unpaired) electrons. The van der Waals surface area contributed by atoms with Crippen molar-refractivity contribution in [1.82, 2.24) is 9.97 Å². The Morgan fingerprint density at radius 2 is 2.08 bits per heavy atom. The zero-order valence-electron chi connectivity index (χ0n) is 13.9. The molecular formula is C17H18N2O5. The van der Waals surface area contributed by atoms with Gasteiger partial charge < -0.3 is 18.9 Å². The Labute approximate surface area is 138 Å². The third-order valence-electron chi connectivity index (χ3n) is 3.79. The highest BCUT2D eigenvalue weighted by Gasteiger charge is 2.39. The number of fused-ring (bicyclic) bond motifs is 1. The molecule has 2 aromatic heterocycles.